The number of carbonyl (C=O) groups is 5. The van der Waals surface area contributed by atoms with Gasteiger partial charge in [-0.1, -0.05) is 60.7 Å². The van der Waals surface area contributed by atoms with Crippen molar-refractivity contribution in [3.05, 3.63) is 102 Å². The van der Waals surface area contributed by atoms with Crippen LogP contribution < -0.4 is 27.4 Å². The number of carboxylic acids is 1. The lowest BCUT2D eigenvalue weighted by atomic mass is 10.0. The first-order chi connectivity index (χ1) is 22.5. The number of primary amides is 1. The highest BCUT2D eigenvalue weighted by atomic mass is 16.4. The smallest absolute Gasteiger partial charge is 0.326 e. The number of aromatic amines is 1. The van der Waals surface area contributed by atoms with Crippen LogP contribution in [-0.2, 0) is 43.2 Å². The number of H-pyrrole nitrogens is 1. The predicted molar refractivity (Wildman–Crippen MR) is 174 cm³/mol. The van der Waals surface area contributed by atoms with Crippen LogP contribution in [-0.4, -0.2) is 69.0 Å². The third-order valence-electron chi connectivity index (χ3n) is 7.67. The van der Waals surface area contributed by atoms with Crippen molar-refractivity contribution in [2.24, 2.45) is 11.5 Å². The molecule has 4 amide bonds. The third kappa shape index (κ3) is 9.90. The van der Waals surface area contributed by atoms with Crippen LogP contribution in [0.3, 0.4) is 0 Å². The number of rotatable bonds is 16. The van der Waals surface area contributed by atoms with Crippen molar-refractivity contribution in [3.8, 4) is 5.75 Å². The summed E-state index contributed by atoms with van der Waals surface area (Å²) in [6, 6.07) is 17.7. The largest absolute Gasteiger partial charge is 0.508 e. The second-order valence-electron chi connectivity index (χ2n) is 11.3. The lowest BCUT2D eigenvalue weighted by Crippen LogP contribution is -2.58. The second kappa shape index (κ2) is 16.0. The number of carboxylic acid groups (broad SMARTS) is 1. The number of benzene rings is 3. The summed E-state index contributed by atoms with van der Waals surface area (Å²) in [5.74, 6) is -4.12. The first-order valence-electron chi connectivity index (χ1n) is 15.0. The maximum Gasteiger partial charge on any atom is 0.326 e. The van der Waals surface area contributed by atoms with Gasteiger partial charge in [-0.05, 0) is 47.7 Å². The van der Waals surface area contributed by atoms with E-state index in [0.717, 1.165) is 16.5 Å². The highest BCUT2D eigenvalue weighted by Gasteiger charge is 2.31. The maximum atomic E-state index is 13.9. The predicted octanol–water partition coefficient (Wildman–Crippen LogP) is 1.03. The van der Waals surface area contributed by atoms with E-state index in [-0.39, 0.29) is 37.9 Å². The minimum Gasteiger partial charge on any atom is -0.508 e. The second-order valence-corrected chi connectivity index (χ2v) is 11.3. The van der Waals surface area contributed by atoms with E-state index in [1.807, 2.05) is 30.3 Å². The number of nitrogens with one attached hydrogen (secondary N) is 4. The highest BCUT2D eigenvalue weighted by molar-refractivity contribution is 5.95. The number of phenols is 1. The molecule has 47 heavy (non-hydrogen) atoms. The molecule has 13 nitrogen and oxygen atoms in total. The molecule has 4 aromatic rings. The van der Waals surface area contributed by atoms with Crippen LogP contribution in [0.1, 0.15) is 29.5 Å². The maximum absolute atomic E-state index is 13.9. The molecular weight excluding hydrogens is 604 g/mol. The molecule has 13 heteroatoms. The van der Waals surface area contributed by atoms with E-state index in [9.17, 15) is 34.2 Å². The van der Waals surface area contributed by atoms with Gasteiger partial charge in [-0.25, -0.2) is 4.79 Å². The fourth-order valence-corrected chi connectivity index (χ4v) is 5.13. The van der Waals surface area contributed by atoms with Gasteiger partial charge in [0.25, 0.3) is 0 Å². The minimum absolute atomic E-state index is 0.0177. The van der Waals surface area contributed by atoms with Gasteiger partial charge in [0.2, 0.25) is 23.6 Å². The van der Waals surface area contributed by atoms with Gasteiger partial charge in [0.05, 0.1) is 6.04 Å². The molecule has 0 fully saturated rings. The van der Waals surface area contributed by atoms with Crippen molar-refractivity contribution in [3.63, 3.8) is 0 Å². The Hall–Kier alpha value is -5.69. The van der Waals surface area contributed by atoms with Crippen molar-refractivity contribution in [2.75, 3.05) is 0 Å². The number of carbonyl (C=O) groups excluding carboxylic acids is 4. The number of phenolic OH excluding ortho intramolecular Hbond substituents is 1. The summed E-state index contributed by atoms with van der Waals surface area (Å²) in [6.07, 6.45) is 1.38. The van der Waals surface area contributed by atoms with Gasteiger partial charge in [0, 0.05) is 36.4 Å². The average Bonchev–Trinajstić information content (AvgIpc) is 3.46. The Labute approximate surface area is 270 Å². The number of aromatic nitrogens is 1. The lowest BCUT2D eigenvalue weighted by molar-refractivity contribution is -0.142. The van der Waals surface area contributed by atoms with Gasteiger partial charge in [-0.3, -0.25) is 19.2 Å². The van der Waals surface area contributed by atoms with Crippen molar-refractivity contribution in [2.45, 2.75) is 56.3 Å². The molecule has 0 radical (unpaired) electrons. The summed E-state index contributed by atoms with van der Waals surface area (Å²) in [5, 5.41) is 27.9. The van der Waals surface area contributed by atoms with E-state index >= 15 is 0 Å². The Bertz CT molecular complexity index is 1710. The van der Waals surface area contributed by atoms with Crippen LogP contribution in [0, 0.1) is 0 Å². The van der Waals surface area contributed by atoms with Crippen molar-refractivity contribution in [1.82, 2.24) is 20.9 Å². The van der Waals surface area contributed by atoms with Crippen molar-refractivity contribution >= 4 is 40.5 Å². The average molecular weight is 643 g/mol. The molecule has 3 aromatic carbocycles. The van der Waals surface area contributed by atoms with E-state index in [4.69, 9.17) is 11.5 Å². The first kappa shape index (κ1) is 34.2. The number of aliphatic carboxylic acids is 1. The Morgan fingerprint density at radius 1 is 0.702 bits per heavy atom. The molecule has 0 bridgehead atoms. The standard InChI is InChI=1S/C34H38N6O7/c35-25(16-21-10-12-23(41)13-11-21)31(43)39-28(17-20-6-2-1-3-7-20)32(44)40-29(18-22-19-37-26-9-5-4-8-24(22)26)33(45)38-27(34(46)47)14-15-30(36)42/h1-13,19,25,27-29,37,41H,14-18,35H2,(H2,36,42)(H,38,45)(H,39,43)(H,40,44)(H,46,47). The van der Waals surface area contributed by atoms with Gasteiger partial charge >= 0.3 is 5.97 Å². The topological polar surface area (TPSA) is 230 Å². The molecule has 4 atom stereocenters. The molecule has 0 spiro atoms. The van der Waals surface area contributed by atoms with Gasteiger partial charge < -0.3 is 42.6 Å². The van der Waals surface area contributed by atoms with E-state index in [1.54, 1.807) is 42.6 Å². The van der Waals surface area contributed by atoms with Crippen LogP contribution in [0.2, 0.25) is 0 Å². The number of aromatic hydroxyl groups is 1. The zero-order valence-corrected chi connectivity index (χ0v) is 25.5. The number of para-hydroxylation sites is 1. The number of hydrogen-bond donors (Lipinski definition) is 8. The SMILES string of the molecule is NC(=O)CCC(NC(=O)C(Cc1c[nH]c2ccccc12)NC(=O)C(Cc1ccccc1)NC(=O)C(N)Cc1ccc(O)cc1)C(=O)O. The van der Waals surface area contributed by atoms with E-state index in [2.05, 4.69) is 20.9 Å². The van der Waals surface area contributed by atoms with Gasteiger partial charge in [0.15, 0.2) is 0 Å². The fraction of sp³-hybridized carbons (Fsp3) is 0.265. The minimum atomic E-state index is -1.44. The van der Waals surface area contributed by atoms with Crippen molar-refractivity contribution < 1.29 is 34.2 Å². The van der Waals surface area contributed by atoms with Gasteiger partial charge in [-0.2, -0.15) is 0 Å². The molecule has 1 heterocycles. The summed E-state index contributed by atoms with van der Waals surface area (Å²) < 4.78 is 0. The van der Waals surface area contributed by atoms with Crippen LogP contribution in [0.5, 0.6) is 5.75 Å². The zero-order chi connectivity index (χ0) is 33.9. The summed E-state index contributed by atoms with van der Waals surface area (Å²) >= 11 is 0. The van der Waals surface area contributed by atoms with E-state index < -0.39 is 53.8 Å². The number of amides is 4. The molecule has 4 unspecified atom stereocenters. The van der Waals surface area contributed by atoms with E-state index in [1.165, 1.54) is 12.1 Å². The Balaban J connectivity index is 1.58. The number of fused-ring (bicyclic) bond motifs is 1. The normalized spacial score (nSPS) is 13.6. The number of hydrogen-bond acceptors (Lipinski definition) is 7. The molecule has 1 aromatic heterocycles. The molecule has 0 aliphatic heterocycles. The monoisotopic (exact) mass is 642 g/mol. The summed E-state index contributed by atoms with van der Waals surface area (Å²) in [7, 11) is 0. The van der Waals surface area contributed by atoms with E-state index in [0.29, 0.717) is 11.1 Å². The first-order valence-corrected chi connectivity index (χ1v) is 15.0. The quantitative estimate of drug-likeness (QED) is 0.0878. The lowest BCUT2D eigenvalue weighted by Gasteiger charge is -2.25. The zero-order valence-electron chi connectivity index (χ0n) is 25.5. The highest BCUT2D eigenvalue weighted by Crippen LogP contribution is 2.20. The Kier molecular flexibility index (Phi) is 11.7. The molecule has 246 valence electrons. The van der Waals surface area contributed by atoms with Crippen LogP contribution >= 0.6 is 0 Å². The summed E-state index contributed by atoms with van der Waals surface area (Å²) in [4.78, 5) is 67.0. The van der Waals surface area contributed by atoms with Crippen LogP contribution in [0.4, 0.5) is 0 Å². The van der Waals surface area contributed by atoms with Crippen molar-refractivity contribution in [1.29, 1.82) is 0 Å². The molecule has 0 aliphatic carbocycles. The summed E-state index contributed by atoms with van der Waals surface area (Å²) in [6.45, 7) is 0. The molecule has 0 aliphatic rings. The molecule has 4 rings (SSSR count). The summed E-state index contributed by atoms with van der Waals surface area (Å²) in [5.41, 5.74) is 14.3. The third-order valence-corrected chi connectivity index (χ3v) is 7.67. The van der Waals surface area contributed by atoms with Gasteiger partial charge in [0.1, 0.15) is 23.9 Å². The Morgan fingerprint density at radius 3 is 1.94 bits per heavy atom. The Morgan fingerprint density at radius 2 is 1.28 bits per heavy atom. The molecule has 10 N–H and O–H groups in total. The molecule has 0 saturated heterocycles. The fourth-order valence-electron chi connectivity index (χ4n) is 5.13. The van der Waals surface area contributed by atoms with Crippen LogP contribution in [0.25, 0.3) is 10.9 Å². The molecular formula is C34H38N6O7. The van der Waals surface area contributed by atoms with Gasteiger partial charge in [-0.15, -0.1) is 0 Å². The van der Waals surface area contributed by atoms with Crippen LogP contribution in [0.15, 0.2) is 85.1 Å². The number of nitrogens with two attached hydrogens (primary N) is 2. The molecule has 0 saturated carbocycles.